The minimum atomic E-state index is -0.585. The molecule has 1 rings (SSSR count). The van der Waals surface area contributed by atoms with Crippen molar-refractivity contribution < 1.29 is 14.4 Å². The first-order chi connectivity index (χ1) is 12.5. The fourth-order valence-corrected chi connectivity index (χ4v) is 4.25. The maximum atomic E-state index is 13.6. The van der Waals surface area contributed by atoms with E-state index in [9.17, 15) is 9.90 Å². The Morgan fingerprint density at radius 2 is 1.67 bits per heavy atom. The summed E-state index contributed by atoms with van der Waals surface area (Å²) in [6, 6.07) is 0.159. The van der Waals surface area contributed by atoms with Gasteiger partial charge in [-0.1, -0.05) is 47.5 Å². The predicted octanol–water partition coefficient (Wildman–Crippen LogP) is 3.73. The Morgan fingerprint density at radius 3 is 2.07 bits per heavy atom. The quantitative estimate of drug-likeness (QED) is 0.584. The van der Waals surface area contributed by atoms with Gasteiger partial charge in [-0.2, -0.15) is 0 Å². The van der Waals surface area contributed by atoms with Crippen molar-refractivity contribution in [2.45, 2.75) is 92.2 Å². The Kier molecular flexibility index (Phi) is 9.23. The van der Waals surface area contributed by atoms with E-state index in [1.54, 1.807) is 0 Å². The number of nitrogens with zero attached hydrogens (tertiary/aromatic N) is 3. The first-order valence-corrected chi connectivity index (χ1v) is 11.1. The number of aliphatic hydroxyl groups is 1. The Morgan fingerprint density at radius 1 is 1.11 bits per heavy atom. The van der Waals surface area contributed by atoms with E-state index in [1.807, 2.05) is 11.9 Å². The van der Waals surface area contributed by atoms with Gasteiger partial charge in [-0.3, -0.25) is 9.28 Å². The number of hydrogen-bond acceptors (Lipinski definition) is 3. The van der Waals surface area contributed by atoms with Gasteiger partial charge in [-0.25, -0.2) is 4.90 Å². The number of aliphatic hydroxyl groups excluding tert-OH is 1. The smallest absolute Gasteiger partial charge is 0.254 e. The zero-order chi connectivity index (χ0) is 20.9. The number of quaternary nitrogens is 1. The van der Waals surface area contributed by atoms with Crippen LogP contribution in [-0.2, 0) is 4.79 Å². The summed E-state index contributed by atoms with van der Waals surface area (Å²) < 4.78 is 0.496. The molecular formula is C22H46N3O2+. The molecule has 0 radical (unpaired) electrons. The van der Waals surface area contributed by atoms with E-state index in [1.165, 1.54) is 0 Å². The minimum Gasteiger partial charge on any atom is -0.332 e. The lowest BCUT2D eigenvalue weighted by molar-refractivity contribution is -0.950. The fraction of sp³-hybridized carbons (Fsp3) is 0.955. The van der Waals surface area contributed by atoms with Gasteiger partial charge in [0.25, 0.3) is 6.35 Å². The number of carbonyl (C=O) groups is 1. The van der Waals surface area contributed by atoms with Gasteiger partial charge in [-0.05, 0) is 45.1 Å². The van der Waals surface area contributed by atoms with Crippen molar-refractivity contribution in [3.63, 3.8) is 0 Å². The van der Waals surface area contributed by atoms with Gasteiger partial charge in [0.2, 0.25) is 5.91 Å². The summed E-state index contributed by atoms with van der Waals surface area (Å²) in [5, 5.41) is 10.8. The highest BCUT2D eigenvalue weighted by Gasteiger charge is 2.54. The molecule has 0 aromatic heterocycles. The first-order valence-electron chi connectivity index (χ1n) is 11.1. The molecule has 0 bridgehead atoms. The van der Waals surface area contributed by atoms with Crippen LogP contribution in [0.1, 0.15) is 73.6 Å². The van der Waals surface area contributed by atoms with Crippen molar-refractivity contribution in [3.8, 4) is 0 Å². The highest BCUT2D eigenvalue weighted by atomic mass is 16.3. The van der Waals surface area contributed by atoms with Gasteiger partial charge in [0.05, 0.1) is 14.1 Å². The number of rotatable bonds is 10. The van der Waals surface area contributed by atoms with E-state index in [-0.39, 0.29) is 24.0 Å². The molecule has 6 unspecified atom stereocenters. The monoisotopic (exact) mass is 384 g/mol. The maximum absolute atomic E-state index is 13.6. The minimum absolute atomic E-state index is 0.0578. The second-order valence-electron chi connectivity index (χ2n) is 9.48. The lowest BCUT2D eigenvalue weighted by Gasteiger charge is -2.37. The standard InChI is InChI=1S/C22H46N3O2/c1-10-16(4)13-14-24(21(26)19(12-3)15-17(5)11-2)20-18(6)25(8,9)22(27)23(20)7/h16-20,22,27H,10-15H2,1-9H3/q+1. The Balaban J connectivity index is 3.13. The zero-order valence-corrected chi connectivity index (χ0v) is 19.4. The molecule has 1 aliphatic heterocycles. The van der Waals surface area contributed by atoms with Crippen molar-refractivity contribution in [2.24, 2.45) is 17.8 Å². The van der Waals surface area contributed by atoms with E-state index in [0.717, 1.165) is 38.6 Å². The second kappa shape index (κ2) is 10.2. The normalized spacial score (nSPS) is 28.7. The van der Waals surface area contributed by atoms with Crippen LogP contribution in [0.25, 0.3) is 0 Å². The molecule has 1 amide bonds. The van der Waals surface area contributed by atoms with E-state index < -0.39 is 6.35 Å². The van der Waals surface area contributed by atoms with Crippen molar-refractivity contribution in [2.75, 3.05) is 27.7 Å². The van der Waals surface area contributed by atoms with Crippen LogP contribution in [0, 0.1) is 17.8 Å². The molecule has 1 saturated heterocycles. The number of carbonyl (C=O) groups excluding carboxylic acids is 1. The molecule has 1 heterocycles. The van der Waals surface area contributed by atoms with Gasteiger partial charge in [-0.15, -0.1) is 0 Å². The molecule has 6 atom stereocenters. The van der Waals surface area contributed by atoms with Crippen molar-refractivity contribution in [1.82, 2.24) is 9.80 Å². The molecule has 1 aliphatic rings. The molecule has 0 spiro atoms. The van der Waals surface area contributed by atoms with E-state index in [0.29, 0.717) is 16.3 Å². The largest absolute Gasteiger partial charge is 0.332 e. The van der Waals surface area contributed by atoms with Crippen LogP contribution < -0.4 is 0 Å². The highest BCUT2D eigenvalue weighted by molar-refractivity contribution is 5.79. The summed E-state index contributed by atoms with van der Waals surface area (Å²) >= 11 is 0. The average molecular weight is 385 g/mol. The van der Waals surface area contributed by atoms with Gasteiger partial charge in [0, 0.05) is 12.5 Å². The van der Waals surface area contributed by atoms with E-state index in [4.69, 9.17) is 0 Å². The van der Waals surface area contributed by atoms with Crippen LogP contribution in [0.15, 0.2) is 0 Å². The van der Waals surface area contributed by atoms with Gasteiger partial charge in [0.1, 0.15) is 12.2 Å². The maximum Gasteiger partial charge on any atom is 0.254 e. The molecular weight excluding hydrogens is 338 g/mol. The van der Waals surface area contributed by atoms with Gasteiger partial charge >= 0.3 is 0 Å². The summed E-state index contributed by atoms with van der Waals surface area (Å²) in [6.45, 7) is 14.0. The molecule has 5 nitrogen and oxygen atoms in total. The SMILES string of the molecule is CCC(C)CCN(C(=O)C(CC)CC(C)CC)C1C(C)[N+](C)(C)C(O)N1C. The molecule has 5 heteroatoms. The number of hydrogen-bond donors (Lipinski definition) is 1. The average Bonchev–Trinajstić information content (AvgIpc) is 2.79. The molecule has 1 N–H and O–H groups in total. The summed E-state index contributed by atoms with van der Waals surface area (Å²) in [4.78, 5) is 17.7. The lowest BCUT2D eigenvalue weighted by Crippen LogP contribution is -2.55. The van der Waals surface area contributed by atoms with Crippen LogP contribution in [0.5, 0.6) is 0 Å². The number of likely N-dealkylation sites (N-methyl/N-ethyl adjacent to an activating group) is 2. The summed E-state index contributed by atoms with van der Waals surface area (Å²) in [5.74, 6) is 1.51. The topological polar surface area (TPSA) is 43.8 Å². The van der Waals surface area contributed by atoms with Crippen LogP contribution in [0.4, 0.5) is 0 Å². The molecule has 0 aliphatic carbocycles. The van der Waals surface area contributed by atoms with Crippen molar-refractivity contribution in [3.05, 3.63) is 0 Å². The molecule has 0 aromatic rings. The molecule has 27 heavy (non-hydrogen) atoms. The van der Waals surface area contributed by atoms with E-state index >= 15 is 0 Å². The summed E-state index contributed by atoms with van der Waals surface area (Å²) in [7, 11) is 6.07. The Bertz CT molecular complexity index is 468. The van der Waals surface area contributed by atoms with Gasteiger partial charge < -0.3 is 10.0 Å². The molecule has 0 saturated carbocycles. The van der Waals surface area contributed by atoms with Crippen LogP contribution in [0.2, 0.25) is 0 Å². The summed E-state index contributed by atoms with van der Waals surface area (Å²) in [6.07, 6.45) is 4.45. The van der Waals surface area contributed by atoms with Crippen LogP contribution >= 0.6 is 0 Å². The Hall–Kier alpha value is -0.650. The highest BCUT2D eigenvalue weighted by Crippen LogP contribution is 2.33. The fourth-order valence-electron chi connectivity index (χ4n) is 4.25. The molecule has 160 valence electrons. The predicted molar refractivity (Wildman–Crippen MR) is 113 cm³/mol. The third kappa shape index (κ3) is 5.45. The second-order valence-corrected chi connectivity index (χ2v) is 9.48. The molecule has 1 fully saturated rings. The van der Waals surface area contributed by atoms with Crippen LogP contribution in [0.3, 0.4) is 0 Å². The first kappa shape index (κ1) is 24.4. The Labute approximate surface area is 168 Å². The van der Waals surface area contributed by atoms with Crippen molar-refractivity contribution >= 4 is 5.91 Å². The van der Waals surface area contributed by atoms with Crippen LogP contribution in [-0.4, -0.2) is 71.5 Å². The molecule has 0 aromatic carbocycles. The lowest BCUT2D eigenvalue weighted by atomic mass is 9.90. The van der Waals surface area contributed by atoms with Crippen molar-refractivity contribution in [1.29, 1.82) is 0 Å². The third-order valence-corrected chi connectivity index (χ3v) is 7.25. The van der Waals surface area contributed by atoms with E-state index in [2.05, 4.69) is 60.5 Å². The summed E-state index contributed by atoms with van der Waals surface area (Å²) in [5.41, 5.74) is 0. The third-order valence-electron chi connectivity index (χ3n) is 7.25. The zero-order valence-electron chi connectivity index (χ0n) is 19.4. The number of amides is 1. The van der Waals surface area contributed by atoms with Gasteiger partial charge in [0.15, 0.2) is 0 Å².